The van der Waals surface area contributed by atoms with Gasteiger partial charge in [-0.2, -0.15) is 0 Å². The highest BCUT2D eigenvalue weighted by atomic mass is 16.4. The number of rotatable bonds is 5. The summed E-state index contributed by atoms with van der Waals surface area (Å²) in [5.74, 6) is 0.405. The first-order valence-electron chi connectivity index (χ1n) is 7.51. The van der Waals surface area contributed by atoms with Gasteiger partial charge in [-0.3, -0.25) is 9.69 Å². The lowest BCUT2D eigenvalue weighted by atomic mass is 9.93. The lowest BCUT2D eigenvalue weighted by Gasteiger charge is -2.37. The fourth-order valence-electron chi connectivity index (χ4n) is 2.83. The maximum absolute atomic E-state index is 12.5. The molecule has 20 heavy (non-hydrogen) atoms. The van der Waals surface area contributed by atoms with Crippen LogP contribution < -0.4 is 5.73 Å². The zero-order valence-corrected chi connectivity index (χ0v) is 12.5. The van der Waals surface area contributed by atoms with Gasteiger partial charge in [0.05, 0.1) is 0 Å². The molecule has 1 aliphatic heterocycles. The lowest BCUT2D eigenvalue weighted by Crippen LogP contribution is -2.53. The average Bonchev–Trinajstić information content (AvgIpc) is 3.23. The molecule has 2 rings (SSSR count). The third-order valence-electron chi connectivity index (χ3n) is 4.26. The van der Waals surface area contributed by atoms with Crippen LogP contribution in [-0.2, 0) is 4.79 Å². The van der Waals surface area contributed by atoms with E-state index in [1.54, 1.807) is 0 Å². The standard InChI is InChI=1S/C14H26N4O2/c1-10(2)12(13(15)16-20)14(19)18-7-5-17(6-8-18)9-11-3-4-11/h10-12,20H,3-9H2,1-2H3,(H2,15,16). The predicted molar refractivity (Wildman–Crippen MR) is 77.5 cm³/mol. The van der Waals surface area contributed by atoms with Gasteiger partial charge in [-0.15, -0.1) is 0 Å². The predicted octanol–water partition coefficient (Wildman–Crippen LogP) is 0.559. The fraction of sp³-hybridized carbons (Fsp3) is 0.857. The van der Waals surface area contributed by atoms with E-state index in [0.29, 0.717) is 0 Å². The molecular formula is C14H26N4O2. The van der Waals surface area contributed by atoms with Crippen LogP contribution in [0.25, 0.3) is 0 Å². The number of carbonyl (C=O) groups excluding carboxylic acids is 1. The SMILES string of the molecule is CC(C)C(C(=O)N1CCN(CC2CC2)CC1)C(N)=NO. The molecule has 2 aliphatic rings. The fourth-order valence-corrected chi connectivity index (χ4v) is 2.83. The second kappa shape index (κ2) is 6.43. The number of amides is 1. The molecule has 0 bridgehead atoms. The summed E-state index contributed by atoms with van der Waals surface area (Å²) in [4.78, 5) is 16.8. The number of oxime groups is 1. The third-order valence-corrected chi connectivity index (χ3v) is 4.26. The van der Waals surface area contributed by atoms with Crippen molar-refractivity contribution in [3.05, 3.63) is 0 Å². The van der Waals surface area contributed by atoms with E-state index in [2.05, 4.69) is 10.1 Å². The second-order valence-electron chi connectivity index (χ2n) is 6.32. The Morgan fingerprint density at radius 2 is 1.90 bits per heavy atom. The smallest absolute Gasteiger partial charge is 0.233 e. The molecule has 0 spiro atoms. The van der Waals surface area contributed by atoms with Gasteiger partial charge in [0.2, 0.25) is 5.91 Å². The van der Waals surface area contributed by atoms with Crippen LogP contribution in [0.5, 0.6) is 0 Å². The molecule has 1 saturated carbocycles. The van der Waals surface area contributed by atoms with Crippen molar-refractivity contribution in [2.75, 3.05) is 32.7 Å². The molecule has 1 aliphatic carbocycles. The number of nitrogens with two attached hydrogens (primary N) is 1. The number of carbonyl (C=O) groups is 1. The van der Waals surface area contributed by atoms with Gasteiger partial charge in [-0.05, 0) is 24.7 Å². The van der Waals surface area contributed by atoms with Gasteiger partial charge in [0.25, 0.3) is 0 Å². The number of hydrogen-bond acceptors (Lipinski definition) is 4. The van der Waals surface area contributed by atoms with Crippen LogP contribution in [0.3, 0.4) is 0 Å². The Kier molecular flexibility index (Phi) is 4.86. The van der Waals surface area contributed by atoms with Gasteiger partial charge in [-0.25, -0.2) is 0 Å². The van der Waals surface area contributed by atoms with Gasteiger partial charge in [0.1, 0.15) is 5.92 Å². The first kappa shape index (κ1) is 15.1. The Morgan fingerprint density at radius 3 is 2.35 bits per heavy atom. The van der Waals surface area contributed by atoms with Crippen molar-refractivity contribution < 1.29 is 10.0 Å². The minimum atomic E-state index is -0.519. The topological polar surface area (TPSA) is 82.2 Å². The molecule has 1 unspecified atom stereocenters. The van der Waals surface area contributed by atoms with E-state index in [1.165, 1.54) is 19.4 Å². The first-order chi connectivity index (χ1) is 9.52. The first-order valence-corrected chi connectivity index (χ1v) is 7.51. The van der Waals surface area contributed by atoms with Gasteiger partial charge in [-0.1, -0.05) is 19.0 Å². The summed E-state index contributed by atoms with van der Waals surface area (Å²) in [5.41, 5.74) is 5.67. The van der Waals surface area contributed by atoms with Crippen LogP contribution >= 0.6 is 0 Å². The van der Waals surface area contributed by atoms with Crippen molar-refractivity contribution >= 4 is 11.7 Å². The minimum Gasteiger partial charge on any atom is -0.409 e. The molecule has 1 amide bonds. The molecule has 6 nitrogen and oxygen atoms in total. The minimum absolute atomic E-state index is 0.0126. The Morgan fingerprint density at radius 1 is 1.30 bits per heavy atom. The van der Waals surface area contributed by atoms with Crippen LogP contribution in [0.2, 0.25) is 0 Å². The van der Waals surface area contributed by atoms with Crippen LogP contribution in [0.4, 0.5) is 0 Å². The van der Waals surface area contributed by atoms with Crippen molar-refractivity contribution in [1.29, 1.82) is 0 Å². The van der Waals surface area contributed by atoms with E-state index in [-0.39, 0.29) is 17.7 Å². The highest BCUT2D eigenvalue weighted by Gasteiger charge is 2.33. The van der Waals surface area contributed by atoms with E-state index in [1.807, 2.05) is 18.7 Å². The number of amidine groups is 1. The van der Waals surface area contributed by atoms with Crippen molar-refractivity contribution in [1.82, 2.24) is 9.80 Å². The maximum Gasteiger partial charge on any atom is 0.233 e. The van der Waals surface area contributed by atoms with E-state index in [4.69, 9.17) is 10.9 Å². The number of nitrogens with zero attached hydrogens (tertiary/aromatic N) is 3. The molecule has 2 fully saturated rings. The van der Waals surface area contributed by atoms with Crippen LogP contribution in [0, 0.1) is 17.8 Å². The van der Waals surface area contributed by atoms with E-state index >= 15 is 0 Å². The Bertz CT molecular complexity index is 371. The Balaban J connectivity index is 1.88. The van der Waals surface area contributed by atoms with Gasteiger partial charge >= 0.3 is 0 Å². The van der Waals surface area contributed by atoms with Crippen molar-refractivity contribution in [2.45, 2.75) is 26.7 Å². The molecule has 0 aromatic rings. The third kappa shape index (κ3) is 3.62. The van der Waals surface area contributed by atoms with Crippen LogP contribution in [-0.4, -0.2) is 59.5 Å². The monoisotopic (exact) mass is 282 g/mol. The highest BCUT2D eigenvalue weighted by molar-refractivity contribution is 6.02. The summed E-state index contributed by atoms with van der Waals surface area (Å²) in [6.07, 6.45) is 2.72. The van der Waals surface area contributed by atoms with E-state index < -0.39 is 5.92 Å². The van der Waals surface area contributed by atoms with Crippen LogP contribution in [0.15, 0.2) is 5.16 Å². The van der Waals surface area contributed by atoms with Crippen LogP contribution in [0.1, 0.15) is 26.7 Å². The molecule has 0 radical (unpaired) electrons. The molecule has 0 aromatic carbocycles. The summed E-state index contributed by atoms with van der Waals surface area (Å²) in [6, 6.07) is 0. The summed E-state index contributed by atoms with van der Waals surface area (Å²) in [6.45, 7) is 8.37. The van der Waals surface area contributed by atoms with Crippen molar-refractivity contribution in [3.63, 3.8) is 0 Å². The van der Waals surface area contributed by atoms with Crippen molar-refractivity contribution in [3.8, 4) is 0 Å². The zero-order valence-electron chi connectivity index (χ0n) is 12.5. The normalized spacial score (nSPS) is 23.1. The highest BCUT2D eigenvalue weighted by Crippen LogP contribution is 2.30. The molecule has 3 N–H and O–H groups in total. The van der Waals surface area contributed by atoms with Gasteiger partial charge in [0, 0.05) is 32.7 Å². The molecule has 6 heteroatoms. The summed E-state index contributed by atoms with van der Waals surface area (Å²) >= 11 is 0. The molecular weight excluding hydrogens is 256 g/mol. The Hall–Kier alpha value is -1.30. The summed E-state index contributed by atoms with van der Waals surface area (Å²) < 4.78 is 0. The Labute approximate surface area is 120 Å². The molecule has 114 valence electrons. The number of hydrogen-bond donors (Lipinski definition) is 2. The van der Waals surface area contributed by atoms with Gasteiger partial charge in [0.15, 0.2) is 5.84 Å². The molecule has 0 aromatic heterocycles. The second-order valence-corrected chi connectivity index (χ2v) is 6.32. The number of piperazine rings is 1. The van der Waals surface area contributed by atoms with E-state index in [0.717, 1.165) is 32.1 Å². The zero-order chi connectivity index (χ0) is 14.7. The summed E-state index contributed by atoms with van der Waals surface area (Å²) in [5, 5.41) is 11.9. The molecule has 1 atom stereocenters. The maximum atomic E-state index is 12.5. The molecule has 1 heterocycles. The van der Waals surface area contributed by atoms with Crippen molar-refractivity contribution in [2.24, 2.45) is 28.6 Å². The quantitative estimate of drug-likeness (QED) is 0.334. The van der Waals surface area contributed by atoms with E-state index in [9.17, 15) is 4.79 Å². The average molecular weight is 282 g/mol. The largest absolute Gasteiger partial charge is 0.409 e. The van der Waals surface area contributed by atoms with Gasteiger partial charge < -0.3 is 15.8 Å². The lowest BCUT2D eigenvalue weighted by molar-refractivity contribution is -0.136. The summed E-state index contributed by atoms with van der Waals surface area (Å²) in [7, 11) is 0. The molecule has 1 saturated heterocycles.